The van der Waals surface area contributed by atoms with Crippen LogP contribution in [0.1, 0.15) is 27.9 Å². The Morgan fingerprint density at radius 3 is 2.65 bits per heavy atom. The zero-order valence-electron chi connectivity index (χ0n) is 14.6. The van der Waals surface area contributed by atoms with Crippen LogP contribution in [0.3, 0.4) is 0 Å². The first-order valence-electron chi connectivity index (χ1n) is 8.35. The lowest BCUT2D eigenvalue weighted by atomic mass is 10.1. The molecule has 6 heteroatoms. The Hall–Kier alpha value is -3.15. The number of benzene rings is 2. The standard InChI is InChI=1S/C20H20N2O4/c1-12-6-7-13(2)17(8-12)22-11-15(10-18(22)23)19(24)21-16-5-3-4-14(9-16)20(25)26/h3-9,15H,10-11H2,1-2H3,(H,21,24)(H,25,26)/p-1/t15-/m1/s1. The molecule has 0 aliphatic carbocycles. The Balaban J connectivity index is 1.74. The van der Waals surface area contributed by atoms with Gasteiger partial charge in [0.2, 0.25) is 11.8 Å². The van der Waals surface area contributed by atoms with Gasteiger partial charge in [-0.3, -0.25) is 9.59 Å². The zero-order chi connectivity index (χ0) is 18.8. The van der Waals surface area contributed by atoms with E-state index in [1.165, 1.54) is 18.2 Å². The van der Waals surface area contributed by atoms with Gasteiger partial charge in [0.05, 0.1) is 11.9 Å². The van der Waals surface area contributed by atoms with Gasteiger partial charge in [-0.15, -0.1) is 0 Å². The molecule has 1 heterocycles. The van der Waals surface area contributed by atoms with Gasteiger partial charge in [0, 0.05) is 24.3 Å². The van der Waals surface area contributed by atoms with Crippen molar-refractivity contribution < 1.29 is 19.5 Å². The average Bonchev–Trinajstić information content (AvgIpc) is 2.99. The normalized spacial score (nSPS) is 16.6. The molecule has 6 nitrogen and oxygen atoms in total. The molecular formula is C20H19N2O4-. The summed E-state index contributed by atoms with van der Waals surface area (Å²) in [7, 11) is 0. The average molecular weight is 351 g/mol. The van der Waals surface area contributed by atoms with Gasteiger partial charge < -0.3 is 20.1 Å². The van der Waals surface area contributed by atoms with Crippen molar-refractivity contribution in [2.45, 2.75) is 20.3 Å². The Labute approximate surface area is 151 Å². The number of hydrogen-bond donors (Lipinski definition) is 1. The number of carboxylic acid groups (broad SMARTS) is 1. The fourth-order valence-electron chi connectivity index (χ4n) is 3.09. The van der Waals surface area contributed by atoms with Crippen molar-refractivity contribution in [1.29, 1.82) is 0 Å². The van der Waals surface area contributed by atoms with E-state index in [1.807, 2.05) is 32.0 Å². The predicted octanol–water partition coefficient (Wildman–Crippen LogP) is 1.66. The van der Waals surface area contributed by atoms with E-state index in [4.69, 9.17) is 0 Å². The molecular weight excluding hydrogens is 332 g/mol. The molecule has 1 fully saturated rings. The fraction of sp³-hybridized carbons (Fsp3) is 0.250. The van der Waals surface area contributed by atoms with E-state index in [-0.39, 0.29) is 23.8 Å². The molecule has 1 atom stereocenters. The lowest BCUT2D eigenvalue weighted by molar-refractivity contribution is -0.255. The van der Waals surface area contributed by atoms with Crippen molar-refractivity contribution in [1.82, 2.24) is 0 Å². The molecule has 0 aromatic heterocycles. The molecule has 26 heavy (non-hydrogen) atoms. The highest BCUT2D eigenvalue weighted by Crippen LogP contribution is 2.29. The predicted molar refractivity (Wildman–Crippen MR) is 95.8 cm³/mol. The number of carbonyl (C=O) groups excluding carboxylic acids is 3. The molecule has 0 unspecified atom stereocenters. The van der Waals surface area contributed by atoms with E-state index in [1.54, 1.807) is 11.0 Å². The van der Waals surface area contributed by atoms with Crippen LogP contribution in [0.25, 0.3) is 0 Å². The molecule has 0 radical (unpaired) electrons. The van der Waals surface area contributed by atoms with Crippen LogP contribution in [0, 0.1) is 19.8 Å². The third kappa shape index (κ3) is 3.59. The topological polar surface area (TPSA) is 89.5 Å². The Bertz CT molecular complexity index is 891. The number of aryl methyl sites for hydroxylation is 2. The number of hydrogen-bond acceptors (Lipinski definition) is 4. The highest BCUT2D eigenvalue weighted by atomic mass is 16.4. The number of amides is 2. The van der Waals surface area contributed by atoms with Crippen LogP contribution in [0.15, 0.2) is 42.5 Å². The zero-order valence-corrected chi connectivity index (χ0v) is 14.6. The molecule has 1 N–H and O–H groups in total. The highest BCUT2D eigenvalue weighted by molar-refractivity contribution is 6.04. The third-order valence-electron chi connectivity index (χ3n) is 4.52. The van der Waals surface area contributed by atoms with Crippen LogP contribution >= 0.6 is 0 Å². The van der Waals surface area contributed by atoms with Crippen LogP contribution in [0.2, 0.25) is 0 Å². The number of rotatable bonds is 4. The fourth-order valence-corrected chi connectivity index (χ4v) is 3.09. The molecule has 2 aromatic rings. The van der Waals surface area contributed by atoms with E-state index < -0.39 is 11.9 Å². The second-order valence-electron chi connectivity index (χ2n) is 6.55. The monoisotopic (exact) mass is 351 g/mol. The van der Waals surface area contributed by atoms with Crippen LogP contribution in [-0.2, 0) is 9.59 Å². The lowest BCUT2D eigenvalue weighted by Crippen LogP contribution is -2.28. The summed E-state index contributed by atoms with van der Waals surface area (Å²) in [6, 6.07) is 11.7. The summed E-state index contributed by atoms with van der Waals surface area (Å²) < 4.78 is 0. The number of carbonyl (C=O) groups is 3. The second-order valence-corrected chi connectivity index (χ2v) is 6.55. The van der Waals surface area contributed by atoms with Gasteiger partial charge in [-0.1, -0.05) is 24.3 Å². The first-order chi connectivity index (χ1) is 12.3. The number of nitrogens with zero attached hydrogens (tertiary/aromatic N) is 1. The quantitative estimate of drug-likeness (QED) is 0.907. The number of aromatic carboxylic acids is 1. The summed E-state index contributed by atoms with van der Waals surface area (Å²) in [5, 5.41) is 13.6. The third-order valence-corrected chi connectivity index (χ3v) is 4.52. The van der Waals surface area contributed by atoms with Gasteiger partial charge in [-0.2, -0.15) is 0 Å². The molecule has 2 amide bonds. The van der Waals surface area contributed by atoms with E-state index in [0.29, 0.717) is 12.2 Å². The highest BCUT2D eigenvalue weighted by Gasteiger charge is 2.35. The minimum Gasteiger partial charge on any atom is -0.545 e. The van der Waals surface area contributed by atoms with Gasteiger partial charge in [0.15, 0.2) is 0 Å². The molecule has 0 bridgehead atoms. The molecule has 2 aromatic carbocycles. The van der Waals surface area contributed by atoms with Crippen molar-refractivity contribution in [3.8, 4) is 0 Å². The van der Waals surface area contributed by atoms with E-state index in [9.17, 15) is 19.5 Å². The van der Waals surface area contributed by atoms with Crippen molar-refractivity contribution in [3.05, 3.63) is 59.2 Å². The summed E-state index contributed by atoms with van der Waals surface area (Å²) in [5.74, 6) is -2.20. The van der Waals surface area contributed by atoms with Crippen molar-refractivity contribution >= 4 is 29.2 Å². The van der Waals surface area contributed by atoms with Gasteiger partial charge in [0.25, 0.3) is 0 Å². The Kier molecular flexibility index (Phi) is 4.75. The minimum atomic E-state index is -1.31. The van der Waals surface area contributed by atoms with E-state index in [0.717, 1.165) is 16.8 Å². The first-order valence-corrected chi connectivity index (χ1v) is 8.35. The van der Waals surface area contributed by atoms with Gasteiger partial charge >= 0.3 is 0 Å². The molecule has 1 saturated heterocycles. The lowest BCUT2D eigenvalue weighted by Gasteiger charge is -2.19. The van der Waals surface area contributed by atoms with Crippen LogP contribution < -0.4 is 15.3 Å². The summed E-state index contributed by atoms with van der Waals surface area (Å²) >= 11 is 0. The van der Waals surface area contributed by atoms with Crippen molar-refractivity contribution in [2.75, 3.05) is 16.8 Å². The SMILES string of the molecule is Cc1ccc(C)c(N2C[C@H](C(=O)Nc3cccc(C(=O)[O-])c3)CC2=O)c1. The van der Waals surface area contributed by atoms with Gasteiger partial charge in [-0.25, -0.2) is 0 Å². The molecule has 1 aliphatic heterocycles. The van der Waals surface area contributed by atoms with Crippen LogP contribution in [0.4, 0.5) is 11.4 Å². The van der Waals surface area contributed by atoms with Crippen LogP contribution in [-0.4, -0.2) is 24.3 Å². The molecule has 0 spiro atoms. The Morgan fingerprint density at radius 1 is 1.15 bits per heavy atom. The molecule has 3 rings (SSSR count). The summed E-state index contributed by atoms with van der Waals surface area (Å²) in [5.41, 5.74) is 3.21. The van der Waals surface area contributed by atoms with Crippen LogP contribution in [0.5, 0.6) is 0 Å². The summed E-state index contributed by atoms with van der Waals surface area (Å²) in [6.07, 6.45) is 0.124. The minimum absolute atomic E-state index is 0.0117. The maximum absolute atomic E-state index is 12.5. The van der Waals surface area contributed by atoms with Gasteiger partial charge in [-0.05, 0) is 48.7 Å². The number of anilines is 2. The Morgan fingerprint density at radius 2 is 1.92 bits per heavy atom. The molecule has 1 aliphatic rings. The molecule has 134 valence electrons. The summed E-state index contributed by atoms with van der Waals surface area (Å²) in [4.78, 5) is 37.5. The maximum atomic E-state index is 12.5. The van der Waals surface area contributed by atoms with Crippen molar-refractivity contribution in [2.24, 2.45) is 5.92 Å². The second kappa shape index (κ2) is 7.00. The van der Waals surface area contributed by atoms with Crippen molar-refractivity contribution in [3.63, 3.8) is 0 Å². The first kappa shape index (κ1) is 17.7. The molecule has 0 saturated carbocycles. The largest absolute Gasteiger partial charge is 0.545 e. The van der Waals surface area contributed by atoms with E-state index >= 15 is 0 Å². The van der Waals surface area contributed by atoms with E-state index in [2.05, 4.69) is 5.32 Å². The smallest absolute Gasteiger partial charge is 0.229 e. The van der Waals surface area contributed by atoms with Gasteiger partial charge in [0.1, 0.15) is 0 Å². The maximum Gasteiger partial charge on any atom is 0.229 e. The number of nitrogens with one attached hydrogen (secondary N) is 1. The number of carboxylic acids is 1. The summed E-state index contributed by atoms with van der Waals surface area (Å²) in [6.45, 7) is 4.19.